The number of carbonyl (C=O) groups is 2. The van der Waals surface area contributed by atoms with Gasteiger partial charge in [-0.15, -0.1) is 11.6 Å². The highest BCUT2D eigenvalue weighted by Gasteiger charge is 2.20. The van der Waals surface area contributed by atoms with Crippen LogP contribution in [0.25, 0.3) is 0 Å². The molecule has 5 heteroatoms. The Balaban J connectivity index is 2.61. The van der Waals surface area contributed by atoms with Gasteiger partial charge in [-0.2, -0.15) is 0 Å². The van der Waals surface area contributed by atoms with Gasteiger partial charge < -0.3 is 5.32 Å². The molecule has 0 saturated heterocycles. The zero-order valence-corrected chi connectivity index (χ0v) is 11.8. The number of nitrogens with one attached hydrogen (secondary N) is 1. The summed E-state index contributed by atoms with van der Waals surface area (Å²) in [6, 6.07) is 2.85. The molecule has 1 N–H and O–H groups in total. The van der Waals surface area contributed by atoms with Crippen molar-refractivity contribution in [3.63, 3.8) is 0 Å². The molecule has 19 heavy (non-hydrogen) atoms. The Labute approximate surface area is 118 Å². The molecule has 1 atom stereocenters. The number of Topliss-reactive ketones (excluding diaryl/α,β-unsaturated/α-hetero) is 1. The first kappa shape index (κ1) is 15.6. The van der Waals surface area contributed by atoms with E-state index in [1.165, 1.54) is 6.20 Å². The van der Waals surface area contributed by atoms with Crippen molar-refractivity contribution in [1.82, 2.24) is 10.3 Å². The molecule has 0 aromatic carbocycles. The minimum Gasteiger partial charge on any atom is -0.342 e. The predicted molar refractivity (Wildman–Crippen MR) is 75.4 cm³/mol. The molecule has 1 heterocycles. The molecule has 0 fully saturated rings. The van der Waals surface area contributed by atoms with Crippen LogP contribution in [0.4, 0.5) is 0 Å². The van der Waals surface area contributed by atoms with Crippen LogP contribution in [0.2, 0.25) is 0 Å². The van der Waals surface area contributed by atoms with E-state index in [-0.39, 0.29) is 17.6 Å². The first-order valence-electron chi connectivity index (χ1n) is 6.48. The Bertz CT molecular complexity index is 409. The van der Waals surface area contributed by atoms with E-state index in [4.69, 9.17) is 11.6 Å². The summed E-state index contributed by atoms with van der Waals surface area (Å²) >= 11 is 5.58. The molecule has 1 aromatic heterocycles. The summed E-state index contributed by atoms with van der Waals surface area (Å²) in [6.07, 6.45) is 6.71. The third kappa shape index (κ3) is 5.39. The lowest BCUT2D eigenvalue weighted by Crippen LogP contribution is -2.41. The molecule has 1 amide bonds. The summed E-state index contributed by atoms with van der Waals surface area (Å²) in [7, 11) is 0. The molecular weight excluding hydrogens is 264 g/mol. The van der Waals surface area contributed by atoms with Gasteiger partial charge in [0.05, 0.1) is 17.5 Å². The minimum atomic E-state index is -0.503. The van der Waals surface area contributed by atoms with Crippen LogP contribution in [0.15, 0.2) is 24.5 Å². The second-order valence-corrected chi connectivity index (χ2v) is 4.63. The van der Waals surface area contributed by atoms with Crippen molar-refractivity contribution in [2.24, 2.45) is 0 Å². The van der Waals surface area contributed by atoms with Crippen molar-refractivity contribution in [1.29, 1.82) is 0 Å². The number of nitrogens with zero attached hydrogens (tertiary/aromatic N) is 1. The molecule has 0 saturated carbocycles. The van der Waals surface area contributed by atoms with Gasteiger partial charge >= 0.3 is 0 Å². The molecule has 0 aliphatic heterocycles. The third-order valence-corrected chi connectivity index (χ3v) is 3.11. The third-order valence-electron chi connectivity index (χ3n) is 2.85. The topological polar surface area (TPSA) is 59.1 Å². The van der Waals surface area contributed by atoms with Crippen molar-refractivity contribution < 1.29 is 9.59 Å². The number of aromatic nitrogens is 1. The van der Waals surface area contributed by atoms with Gasteiger partial charge in [-0.25, -0.2) is 0 Å². The van der Waals surface area contributed by atoms with E-state index in [1.807, 2.05) is 0 Å². The highest BCUT2D eigenvalue weighted by atomic mass is 35.5. The molecular formula is C14H19ClN2O2. The SMILES string of the molecule is CCCCC[C@H](NC(=O)c1cccnc1)C(=O)CCl. The summed E-state index contributed by atoms with van der Waals surface area (Å²) in [5.74, 6) is -0.507. The fourth-order valence-corrected chi connectivity index (χ4v) is 1.93. The molecule has 0 bridgehead atoms. The monoisotopic (exact) mass is 282 g/mol. The maximum Gasteiger partial charge on any atom is 0.253 e. The molecule has 1 rings (SSSR count). The van der Waals surface area contributed by atoms with Crippen LogP contribution in [-0.4, -0.2) is 28.6 Å². The van der Waals surface area contributed by atoms with E-state index in [2.05, 4.69) is 17.2 Å². The maximum atomic E-state index is 12.0. The summed E-state index contributed by atoms with van der Waals surface area (Å²) < 4.78 is 0. The molecule has 104 valence electrons. The number of ketones is 1. The van der Waals surface area contributed by atoms with Gasteiger partial charge in [0.25, 0.3) is 5.91 Å². The average molecular weight is 283 g/mol. The number of halogens is 1. The maximum absolute atomic E-state index is 12.0. The number of rotatable bonds is 8. The lowest BCUT2D eigenvalue weighted by Gasteiger charge is -2.16. The Kier molecular flexibility index (Phi) is 7.11. The van der Waals surface area contributed by atoms with Crippen molar-refractivity contribution in [2.75, 3.05) is 5.88 Å². The lowest BCUT2D eigenvalue weighted by molar-refractivity contribution is -0.118. The van der Waals surface area contributed by atoms with Crippen molar-refractivity contribution >= 4 is 23.3 Å². The summed E-state index contributed by atoms with van der Waals surface area (Å²) in [5.41, 5.74) is 0.449. The molecule has 0 aliphatic carbocycles. The van der Waals surface area contributed by atoms with E-state index in [0.29, 0.717) is 12.0 Å². The van der Waals surface area contributed by atoms with E-state index in [9.17, 15) is 9.59 Å². The molecule has 0 spiro atoms. The highest BCUT2D eigenvalue weighted by Crippen LogP contribution is 2.07. The van der Waals surface area contributed by atoms with Crippen LogP contribution in [-0.2, 0) is 4.79 Å². The predicted octanol–water partition coefficient (Wildman–Crippen LogP) is 2.57. The van der Waals surface area contributed by atoms with Crippen LogP contribution in [0.5, 0.6) is 0 Å². The minimum absolute atomic E-state index is 0.0793. The van der Waals surface area contributed by atoms with Crippen LogP contribution in [0.3, 0.4) is 0 Å². The highest BCUT2D eigenvalue weighted by molar-refractivity contribution is 6.28. The summed E-state index contributed by atoms with van der Waals surface area (Å²) in [6.45, 7) is 2.09. The van der Waals surface area contributed by atoms with E-state index >= 15 is 0 Å². The van der Waals surface area contributed by atoms with Gasteiger partial charge in [0.1, 0.15) is 0 Å². The number of amides is 1. The number of pyridine rings is 1. The quantitative estimate of drug-likeness (QED) is 0.589. The summed E-state index contributed by atoms with van der Waals surface area (Å²) in [4.78, 5) is 27.6. The second kappa shape index (κ2) is 8.64. The Morgan fingerprint density at radius 2 is 2.21 bits per heavy atom. The summed E-state index contributed by atoms with van der Waals surface area (Å²) in [5, 5.41) is 2.73. The number of hydrogen-bond donors (Lipinski definition) is 1. The molecule has 0 aliphatic rings. The van der Waals surface area contributed by atoms with E-state index in [0.717, 1.165) is 19.3 Å². The normalized spacial score (nSPS) is 11.9. The standard InChI is InChI=1S/C14H19ClN2O2/c1-2-3-4-7-12(13(18)9-15)17-14(19)11-6-5-8-16-10-11/h5-6,8,10,12H,2-4,7,9H2,1H3,(H,17,19)/t12-/m0/s1. The van der Waals surface area contributed by atoms with E-state index < -0.39 is 6.04 Å². The Morgan fingerprint density at radius 3 is 2.79 bits per heavy atom. The number of alkyl halides is 1. The number of unbranched alkanes of at least 4 members (excludes halogenated alkanes) is 2. The van der Waals surface area contributed by atoms with Gasteiger partial charge in [-0.1, -0.05) is 26.2 Å². The fraction of sp³-hybridized carbons (Fsp3) is 0.500. The Morgan fingerprint density at radius 1 is 1.42 bits per heavy atom. The van der Waals surface area contributed by atoms with Crippen molar-refractivity contribution in [3.05, 3.63) is 30.1 Å². The van der Waals surface area contributed by atoms with Crippen LogP contribution >= 0.6 is 11.6 Å². The van der Waals surface area contributed by atoms with E-state index in [1.54, 1.807) is 18.3 Å². The van der Waals surface area contributed by atoms with Gasteiger partial charge in [-0.05, 0) is 18.6 Å². The van der Waals surface area contributed by atoms with Crippen molar-refractivity contribution in [2.45, 2.75) is 38.6 Å². The first-order chi connectivity index (χ1) is 9.19. The first-order valence-corrected chi connectivity index (χ1v) is 7.02. The zero-order valence-electron chi connectivity index (χ0n) is 11.1. The fourth-order valence-electron chi connectivity index (χ4n) is 1.74. The van der Waals surface area contributed by atoms with Crippen molar-refractivity contribution in [3.8, 4) is 0 Å². The number of hydrogen-bond acceptors (Lipinski definition) is 3. The van der Waals surface area contributed by atoms with Gasteiger partial charge in [0, 0.05) is 12.4 Å². The average Bonchev–Trinajstić information content (AvgIpc) is 2.46. The van der Waals surface area contributed by atoms with Gasteiger partial charge in [-0.3, -0.25) is 14.6 Å². The van der Waals surface area contributed by atoms with Gasteiger partial charge in [0.2, 0.25) is 0 Å². The largest absolute Gasteiger partial charge is 0.342 e. The lowest BCUT2D eigenvalue weighted by atomic mass is 10.0. The van der Waals surface area contributed by atoms with Crippen LogP contribution in [0.1, 0.15) is 43.0 Å². The molecule has 0 radical (unpaired) electrons. The van der Waals surface area contributed by atoms with Gasteiger partial charge in [0.15, 0.2) is 5.78 Å². The smallest absolute Gasteiger partial charge is 0.253 e. The molecule has 1 aromatic rings. The zero-order chi connectivity index (χ0) is 14.1. The Hall–Kier alpha value is -1.42. The molecule has 4 nitrogen and oxygen atoms in total. The molecule has 0 unspecified atom stereocenters. The van der Waals surface area contributed by atoms with Crippen LogP contribution in [0, 0.1) is 0 Å². The number of carbonyl (C=O) groups excluding carboxylic acids is 2. The second-order valence-electron chi connectivity index (χ2n) is 4.36. The van der Waals surface area contributed by atoms with Crippen LogP contribution < -0.4 is 5.32 Å².